The van der Waals surface area contributed by atoms with E-state index in [0.29, 0.717) is 31.4 Å². The first-order valence-corrected chi connectivity index (χ1v) is 9.60. The van der Waals surface area contributed by atoms with Gasteiger partial charge in [-0.3, -0.25) is 4.99 Å². The maximum absolute atomic E-state index is 11.5. The van der Waals surface area contributed by atoms with Gasteiger partial charge in [0.15, 0.2) is 15.8 Å². The highest BCUT2D eigenvalue weighted by molar-refractivity contribution is 14.0. The molecule has 0 bridgehead atoms. The van der Waals surface area contributed by atoms with Crippen molar-refractivity contribution < 1.29 is 13.2 Å². The van der Waals surface area contributed by atoms with E-state index in [4.69, 9.17) is 4.74 Å². The average Bonchev–Trinajstić information content (AvgIpc) is 2.89. The molecule has 1 aliphatic heterocycles. The van der Waals surface area contributed by atoms with Gasteiger partial charge in [-0.1, -0.05) is 13.0 Å². The Kier molecular flexibility index (Phi) is 8.74. The summed E-state index contributed by atoms with van der Waals surface area (Å²) < 4.78 is 28.4. The summed E-state index contributed by atoms with van der Waals surface area (Å²) in [6.07, 6.45) is 3.32. The van der Waals surface area contributed by atoms with Crippen LogP contribution in [0.1, 0.15) is 25.3 Å². The van der Waals surface area contributed by atoms with Crippen LogP contribution in [0.4, 0.5) is 0 Å². The third kappa shape index (κ3) is 6.80. The SMILES string of the molecule is CCCOc1ccc(CNC(=NC)NC2CCS(=O)(=O)C2)cn1.I. The van der Waals surface area contributed by atoms with Crippen molar-refractivity contribution in [3.8, 4) is 5.88 Å². The summed E-state index contributed by atoms with van der Waals surface area (Å²) in [6, 6.07) is 3.71. The quantitative estimate of drug-likeness (QED) is 0.372. The van der Waals surface area contributed by atoms with Crippen LogP contribution in [-0.2, 0) is 16.4 Å². The van der Waals surface area contributed by atoms with Crippen LogP contribution in [0.3, 0.4) is 0 Å². The van der Waals surface area contributed by atoms with Gasteiger partial charge in [-0.05, 0) is 18.4 Å². The monoisotopic (exact) mass is 468 g/mol. The second kappa shape index (κ2) is 10.0. The lowest BCUT2D eigenvalue weighted by Gasteiger charge is -2.16. The Morgan fingerprint density at radius 1 is 1.46 bits per heavy atom. The summed E-state index contributed by atoms with van der Waals surface area (Å²) in [6.45, 7) is 3.26. The molecule has 24 heavy (non-hydrogen) atoms. The predicted octanol–water partition coefficient (Wildman–Crippen LogP) is 1.34. The second-order valence-electron chi connectivity index (χ2n) is 5.52. The molecule has 0 saturated carbocycles. The Balaban J connectivity index is 0.00000288. The summed E-state index contributed by atoms with van der Waals surface area (Å²) >= 11 is 0. The number of aromatic nitrogens is 1. The summed E-state index contributed by atoms with van der Waals surface area (Å²) in [7, 11) is -1.23. The smallest absolute Gasteiger partial charge is 0.213 e. The van der Waals surface area contributed by atoms with Gasteiger partial charge in [0, 0.05) is 31.9 Å². The Morgan fingerprint density at radius 2 is 2.25 bits per heavy atom. The fourth-order valence-corrected chi connectivity index (χ4v) is 3.96. The number of halogens is 1. The molecule has 1 fully saturated rings. The van der Waals surface area contributed by atoms with E-state index in [1.807, 2.05) is 19.1 Å². The molecule has 0 aliphatic carbocycles. The fourth-order valence-electron chi connectivity index (χ4n) is 2.29. The Labute approximate surface area is 160 Å². The molecule has 136 valence electrons. The molecular formula is C15H25IN4O3S. The lowest BCUT2D eigenvalue weighted by Crippen LogP contribution is -2.43. The van der Waals surface area contributed by atoms with Crippen molar-refractivity contribution in [2.75, 3.05) is 25.2 Å². The number of guanidine groups is 1. The molecule has 0 spiro atoms. The molecule has 1 aromatic rings. The predicted molar refractivity (Wildman–Crippen MR) is 106 cm³/mol. The van der Waals surface area contributed by atoms with Crippen molar-refractivity contribution in [2.24, 2.45) is 4.99 Å². The molecule has 9 heteroatoms. The van der Waals surface area contributed by atoms with Crippen molar-refractivity contribution in [1.29, 1.82) is 0 Å². The van der Waals surface area contributed by atoms with E-state index in [-0.39, 0.29) is 41.5 Å². The molecule has 2 rings (SSSR count). The van der Waals surface area contributed by atoms with Crippen LogP contribution in [0, 0.1) is 0 Å². The third-order valence-electron chi connectivity index (χ3n) is 3.51. The highest BCUT2D eigenvalue weighted by Crippen LogP contribution is 2.11. The molecule has 0 aromatic carbocycles. The van der Waals surface area contributed by atoms with Crippen LogP contribution >= 0.6 is 24.0 Å². The van der Waals surface area contributed by atoms with Gasteiger partial charge < -0.3 is 15.4 Å². The van der Waals surface area contributed by atoms with Gasteiger partial charge in [-0.15, -0.1) is 24.0 Å². The fraction of sp³-hybridized carbons (Fsp3) is 0.600. The number of nitrogens with one attached hydrogen (secondary N) is 2. The molecule has 7 nitrogen and oxygen atoms in total. The first-order chi connectivity index (χ1) is 11.0. The average molecular weight is 468 g/mol. The third-order valence-corrected chi connectivity index (χ3v) is 5.28. The number of aliphatic imine (C=N–C) groups is 1. The molecule has 1 aliphatic rings. The van der Waals surface area contributed by atoms with Gasteiger partial charge in [-0.25, -0.2) is 13.4 Å². The van der Waals surface area contributed by atoms with Gasteiger partial charge >= 0.3 is 0 Å². The Hall–Kier alpha value is -1.10. The van der Waals surface area contributed by atoms with Gasteiger partial charge in [0.05, 0.1) is 18.1 Å². The van der Waals surface area contributed by atoms with E-state index in [9.17, 15) is 8.42 Å². The lowest BCUT2D eigenvalue weighted by molar-refractivity contribution is 0.305. The van der Waals surface area contributed by atoms with E-state index in [2.05, 4.69) is 20.6 Å². The van der Waals surface area contributed by atoms with Crippen molar-refractivity contribution in [3.05, 3.63) is 23.9 Å². The van der Waals surface area contributed by atoms with Crippen LogP contribution in [0.25, 0.3) is 0 Å². The zero-order valence-electron chi connectivity index (χ0n) is 14.0. The summed E-state index contributed by atoms with van der Waals surface area (Å²) in [5.41, 5.74) is 0.996. The molecule has 0 amide bonds. The first-order valence-electron chi connectivity index (χ1n) is 7.77. The zero-order valence-corrected chi connectivity index (χ0v) is 17.1. The van der Waals surface area contributed by atoms with Crippen molar-refractivity contribution in [1.82, 2.24) is 15.6 Å². The molecule has 1 unspecified atom stereocenters. The van der Waals surface area contributed by atoms with Crippen molar-refractivity contribution in [3.63, 3.8) is 0 Å². The van der Waals surface area contributed by atoms with Crippen LogP contribution in [-0.4, -0.2) is 50.6 Å². The Bertz CT molecular complexity index is 635. The molecule has 1 atom stereocenters. The minimum Gasteiger partial charge on any atom is -0.478 e. The van der Waals surface area contributed by atoms with Crippen LogP contribution in [0.2, 0.25) is 0 Å². The molecule has 1 saturated heterocycles. The maximum atomic E-state index is 11.5. The van der Waals surface area contributed by atoms with E-state index < -0.39 is 9.84 Å². The molecule has 0 radical (unpaired) electrons. The number of nitrogens with zero attached hydrogens (tertiary/aromatic N) is 2. The number of rotatable bonds is 6. The summed E-state index contributed by atoms with van der Waals surface area (Å²) in [5.74, 6) is 1.62. The Morgan fingerprint density at radius 3 is 2.79 bits per heavy atom. The topological polar surface area (TPSA) is 92.7 Å². The van der Waals surface area contributed by atoms with E-state index >= 15 is 0 Å². The number of sulfone groups is 1. The summed E-state index contributed by atoms with van der Waals surface area (Å²) in [4.78, 5) is 8.37. The van der Waals surface area contributed by atoms with Gasteiger partial charge in [0.1, 0.15) is 0 Å². The van der Waals surface area contributed by atoms with E-state index in [1.165, 1.54) is 0 Å². The van der Waals surface area contributed by atoms with Gasteiger partial charge in [0.25, 0.3) is 0 Å². The van der Waals surface area contributed by atoms with Crippen LogP contribution in [0.5, 0.6) is 5.88 Å². The van der Waals surface area contributed by atoms with Crippen LogP contribution in [0.15, 0.2) is 23.3 Å². The molecule has 2 N–H and O–H groups in total. The standard InChI is InChI=1S/C15H24N4O3S.HI/c1-3-7-22-14-5-4-12(9-17-14)10-18-15(16-2)19-13-6-8-23(20,21)11-13;/h4-5,9,13H,3,6-8,10-11H2,1-2H3,(H2,16,18,19);1H. The number of ether oxygens (including phenoxy) is 1. The molecular weight excluding hydrogens is 443 g/mol. The highest BCUT2D eigenvalue weighted by atomic mass is 127. The van der Waals surface area contributed by atoms with Crippen LogP contribution < -0.4 is 15.4 Å². The maximum Gasteiger partial charge on any atom is 0.213 e. The zero-order chi connectivity index (χ0) is 16.7. The minimum atomic E-state index is -2.90. The molecule has 1 aromatic heterocycles. The molecule has 2 heterocycles. The largest absolute Gasteiger partial charge is 0.478 e. The number of hydrogen-bond acceptors (Lipinski definition) is 5. The van der Waals surface area contributed by atoms with Crippen molar-refractivity contribution >= 4 is 39.8 Å². The van der Waals surface area contributed by atoms with Crippen molar-refractivity contribution in [2.45, 2.75) is 32.4 Å². The van der Waals surface area contributed by atoms with Gasteiger partial charge in [-0.2, -0.15) is 0 Å². The highest BCUT2D eigenvalue weighted by Gasteiger charge is 2.28. The summed E-state index contributed by atoms with van der Waals surface area (Å²) in [5, 5.41) is 6.31. The second-order valence-corrected chi connectivity index (χ2v) is 7.75. The normalized spacial score (nSPS) is 19.4. The number of hydrogen-bond donors (Lipinski definition) is 2. The van der Waals surface area contributed by atoms with Gasteiger partial charge in [0.2, 0.25) is 5.88 Å². The van der Waals surface area contributed by atoms with E-state index in [0.717, 1.165) is 12.0 Å². The lowest BCUT2D eigenvalue weighted by atomic mass is 10.2. The van der Waals surface area contributed by atoms with E-state index in [1.54, 1.807) is 13.2 Å². The first kappa shape index (κ1) is 20.9. The minimum absolute atomic E-state index is 0. The number of pyridine rings is 1.